The van der Waals surface area contributed by atoms with E-state index in [4.69, 9.17) is 17.3 Å². The maximum Gasteiger partial charge on any atom is 0.416 e. The predicted octanol–water partition coefficient (Wildman–Crippen LogP) is 4.56. The van der Waals surface area contributed by atoms with Gasteiger partial charge >= 0.3 is 6.18 Å². The quantitative estimate of drug-likeness (QED) is 0.847. The van der Waals surface area contributed by atoms with Gasteiger partial charge in [-0.15, -0.1) is 0 Å². The number of benzene rings is 1. The van der Waals surface area contributed by atoms with E-state index in [2.05, 4.69) is 20.9 Å². The second-order valence-corrected chi connectivity index (χ2v) is 5.49. The fourth-order valence-corrected chi connectivity index (χ4v) is 2.73. The first-order valence-electron chi connectivity index (χ1n) is 5.51. The molecule has 0 amide bonds. The smallest absolute Gasteiger partial charge is 0.320 e. The van der Waals surface area contributed by atoms with Crippen LogP contribution >= 0.6 is 27.5 Å². The Morgan fingerprint density at radius 1 is 1.25 bits per heavy atom. The van der Waals surface area contributed by atoms with Crippen molar-refractivity contribution in [1.82, 2.24) is 4.98 Å². The Labute approximate surface area is 126 Å². The second kappa shape index (κ2) is 5.71. The molecule has 1 atom stereocenters. The number of hydrogen-bond donors (Lipinski definition) is 1. The molecule has 1 aromatic heterocycles. The predicted molar refractivity (Wildman–Crippen MR) is 74.4 cm³/mol. The van der Waals surface area contributed by atoms with Gasteiger partial charge in [-0.05, 0) is 29.8 Å². The molecule has 0 spiro atoms. The summed E-state index contributed by atoms with van der Waals surface area (Å²) in [5.41, 5.74) is 5.52. The van der Waals surface area contributed by atoms with Gasteiger partial charge in [-0.25, -0.2) is 0 Å². The third kappa shape index (κ3) is 3.31. The number of nitrogens with zero attached hydrogens (tertiary/aromatic N) is 1. The van der Waals surface area contributed by atoms with Crippen molar-refractivity contribution >= 4 is 27.5 Å². The third-order valence-electron chi connectivity index (χ3n) is 2.74. The van der Waals surface area contributed by atoms with Gasteiger partial charge in [0.2, 0.25) is 0 Å². The highest BCUT2D eigenvalue weighted by Crippen LogP contribution is 2.36. The van der Waals surface area contributed by atoms with Gasteiger partial charge in [-0.3, -0.25) is 4.98 Å². The number of alkyl halides is 3. The molecule has 0 aliphatic heterocycles. The number of nitrogens with two attached hydrogens (primary N) is 1. The van der Waals surface area contributed by atoms with Crippen LogP contribution in [0.15, 0.2) is 41.1 Å². The van der Waals surface area contributed by atoms with Gasteiger partial charge in [-0.2, -0.15) is 13.2 Å². The van der Waals surface area contributed by atoms with E-state index in [1.165, 1.54) is 6.07 Å². The van der Waals surface area contributed by atoms with Gasteiger partial charge in [0.15, 0.2) is 0 Å². The molecule has 0 saturated heterocycles. The third-order valence-corrected chi connectivity index (χ3v) is 3.41. The molecule has 0 fully saturated rings. The van der Waals surface area contributed by atoms with Crippen LogP contribution in [0.5, 0.6) is 0 Å². The largest absolute Gasteiger partial charge is 0.416 e. The molecule has 0 aliphatic rings. The molecule has 1 aromatic carbocycles. The molecule has 2 nitrogen and oxygen atoms in total. The molecular weight excluding hydrogens is 357 g/mol. The van der Waals surface area contributed by atoms with E-state index in [-0.39, 0.29) is 5.56 Å². The van der Waals surface area contributed by atoms with E-state index in [1.807, 2.05) is 0 Å². The van der Waals surface area contributed by atoms with Crippen LogP contribution in [0.25, 0.3) is 0 Å². The normalized spacial score (nSPS) is 13.3. The standard InChI is InChI=1S/C13H9BrClF3N2/c14-8-3-7(4-9(15)5-8)12(19)10-6-20-2-1-11(10)13(16,17)18/h1-6,12H,19H2. The number of aromatic nitrogens is 1. The van der Waals surface area contributed by atoms with Crippen LogP contribution in [0.2, 0.25) is 5.02 Å². The van der Waals surface area contributed by atoms with E-state index < -0.39 is 17.8 Å². The highest BCUT2D eigenvalue weighted by molar-refractivity contribution is 9.10. The molecular formula is C13H9BrClF3N2. The number of pyridine rings is 1. The first kappa shape index (κ1) is 15.3. The zero-order valence-corrected chi connectivity index (χ0v) is 12.3. The van der Waals surface area contributed by atoms with Gasteiger partial charge in [0.05, 0.1) is 11.6 Å². The Balaban J connectivity index is 2.51. The minimum Gasteiger partial charge on any atom is -0.320 e. The van der Waals surface area contributed by atoms with Crippen molar-refractivity contribution < 1.29 is 13.2 Å². The highest BCUT2D eigenvalue weighted by atomic mass is 79.9. The zero-order valence-electron chi connectivity index (χ0n) is 9.96. The Kier molecular flexibility index (Phi) is 4.36. The average Bonchev–Trinajstić information content (AvgIpc) is 2.35. The summed E-state index contributed by atoms with van der Waals surface area (Å²) in [6.07, 6.45) is -2.26. The first-order chi connectivity index (χ1) is 9.29. The lowest BCUT2D eigenvalue weighted by Gasteiger charge is -2.18. The fraction of sp³-hybridized carbons (Fsp3) is 0.154. The van der Waals surface area contributed by atoms with Gasteiger partial charge in [0, 0.05) is 27.5 Å². The Morgan fingerprint density at radius 3 is 2.55 bits per heavy atom. The van der Waals surface area contributed by atoms with Crippen LogP contribution in [0, 0.1) is 0 Å². The SMILES string of the molecule is NC(c1cc(Cl)cc(Br)c1)c1cnccc1C(F)(F)F. The van der Waals surface area contributed by atoms with E-state index in [1.54, 1.807) is 12.1 Å². The average molecular weight is 366 g/mol. The molecule has 1 unspecified atom stereocenters. The van der Waals surface area contributed by atoms with Crippen molar-refractivity contribution in [2.75, 3.05) is 0 Å². The zero-order chi connectivity index (χ0) is 14.9. The molecule has 20 heavy (non-hydrogen) atoms. The van der Waals surface area contributed by atoms with Crippen LogP contribution in [0.1, 0.15) is 22.7 Å². The van der Waals surface area contributed by atoms with Gasteiger partial charge < -0.3 is 5.73 Å². The van der Waals surface area contributed by atoms with E-state index in [0.29, 0.717) is 15.1 Å². The lowest BCUT2D eigenvalue weighted by atomic mass is 9.97. The lowest BCUT2D eigenvalue weighted by molar-refractivity contribution is -0.138. The van der Waals surface area contributed by atoms with Crippen molar-refractivity contribution in [2.24, 2.45) is 5.73 Å². The minimum absolute atomic E-state index is 0.0887. The number of halogens is 5. The first-order valence-corrected chi connectivity index (χ1v) is 6.69. The summed E-state index contributed by atoms with van der Waals surface area (Å²) < 4.78 is 39.5. The molecule has 0 saturated carbocycles. The summed E-state index contributed by atoms with van der Waals surface area (Å²) >= 11 is 9.12. The summed E-state index contributed by atoms with van der Waals surface area (Å²) in [5.74, 6) is 0. The molecule has 7 heteroatoms. The minimum atomic E-state index is -4.48. The molecule has 2 N–H and O–H groups in total. The topological polar surface area (TPSA) is 38.9 Å². The summed E-state index contributed by atoms with van der Waals surface area (Å²) in [6.45, 7) is 0. The molecule has 1 heterocycles. The van der Waals surface area contributed by atoms with Gasteiger partial charge in [-0.1, -0.05) is 27.5 Å². The van der Waals surface area contributed by atoms with E-state index in [0.717, 1.165) is 18.5 Å². The molecule has 0 radical (unpaired) electrons. The summed E-state index contributed by atoms with van der Waals surface area (Å²) in [5, 5.41) is 0.391. The van der Waals surface area contributed by atoms with Crippen molar-refractivity contribution in [3.8, 4) is 0 Å². The molecule has 106 valence electrons. The summed E-state index contributed by atoms with van der Waals surface area (Å²) in [6, 6.07) is 4.74. The Morgan fingerprint density at radius 2 is 1.95 bits per heavy atom. The Hall–Kier alpha value is -1.11. The van der Waals surface area contributed by atoms with E-state index >= 15 is 0 Å². The molecule has 2 rings (SSSR count). The fourth-order valence-electron chi connectivity index (χ4n) is 1.85. The second-order valence-electron chi connectivity index (χ2n) is 4.14. The summed E-state index contributed by atoms with van der Waals surface area (Å²) in [4.78, 5) is 3.73. The lowest BCUT2D eigenvalue weighted by Crippen LogP contribution is -2.18. The molecule has 0 aliphatic carbocycles. The monoisotopic (exact) mass is 364 g/mol. The van der Waals surface area contributed by atoms with Crippen LogP contribution in [0.4, 0.5) is 13.2 Å². The maximum atomic E-state index is 13.0. The highest BCUT2D eigenvalue weighted by Gasteiger charge is 2.35. The van der Waals surface area contributed by atoms with Crippen LogP contribution < -0.4 is 5.73 Å². The van der Waals surface area contributed by atoms with Crippen molar-refractivity contribution in [2.45, 2.75) is 12.2 Å². The van der Waals surface area contributed by atoms with E-state index in [9.17, 15) is 13.2 Å². The number of hydrogen-bond acceptors (Lipinski definition) is 2. The van der Waals surface area contributed by atoms with Crippen molar-refractivity contribution in [3.63, 3.8) is 0 Å². The van der Waals surface area contributed by atoms with Crippen molar-refractivity contribution in [1.29, 1.82) is 0 Å². The maximum absolute atomic E-state index is 13.0. The van der Waals surface area contributed by atoms with Gasteiger partial charge in [0.1, 0.15) is 0 Å². The Bertz CT molecular complexity index is 611. The molecule has 2 aromatic rings. The van der Waals surface area contributed by atoms with Crippen molar-refractivity contribution in [3.05, 3.63) is 62.8 Å². The van der Waals surface area contributed by atoms with Gasteiger partial charge in [0.25, 0.3) is 0 Å². The number of rotatable bonds is 2. The molecule has 0 bridgehead atoms. The van der Waals surface area contributed by atoms with Crippen LogP contribution in [-0.4, -0.2) is 4.98 Å². The van der Waals surface area contributed by atoms with Crippen LogP contribution in [0.3, 0.4) is 0 Å². The van der Waals surface area contributed by atoms with Crippen LogP contribution in [-0.2, 0) is 6.18 Å². The summed E-state index contributed by atoms with van der Waals surface area (Å²) in [7, 11) is 0.